The van der Waals surface area contributed by atoms with Crippen LogP contribution in [0.25, 0.3) is 34.0 Å². The minimum absolute atomic E-state index is 0.620. The van der Waals surface area contributed by atoms with E-state index in [-0.39, 0.29) is 0 Å². The third kappa shape index (κ3) is 3.11. The van der Waals surface area contributed by atoms with Crippen LogP contribution in [0.15, 0.2) is 83.3 Å². The summed E-state index contributed by atoms with van der Waals surface area (Å²) in [5.74, 6) is 2.19. The van der Waals surface area contributed by atoms with E-state index in [1.807, 2.05) is 66.7 Å². The Morgan fingerprint density at radius 2 is 1.38 bits per heavy atom. The molecular formula is C23H19NO2. The first kappa shape index (κ1) is 16.2. The quantitative estimate of drug-likeness (QED) is 0.457. The van der Waals surface area contributed by atoms with Gasteiger partial charge in [-0.25, -0.2) is 4.98 Å². The molecule has 1 aromatic heterocycles. The van der Waals surface area contributed by atoms with E-state index in [4.69, 9.17) is 14.1 Å². The summed E-state index contributed by atoms with van der Waals surface area (Å²) in [7, 11) is 1.66. The second kappa shape index (κ2) is 6.89. The van der Waals surface area contributed by atoms with E-state index in [9.17, 15) is 0 Å². The predicted molar refractivity (Wildman–Crippen MR) is 104 cm³/mol. The number of aromatic nitrogens is 1. The summed E-state index contributed by atoms with van der Waals surface area (Å²) in [6.07, 6.45) is 0. The van der Waals surface area contributed by atoms with Crippen LogP contribution in [0, 0.1) is 6.92 Å². The molecular weight excluding hydrogens is 322 g/mol. The molecule has 1 heterocycles. The number of oxazole rings is 1. The maximum absolute atomic E-state index is 6.20. The van der Waals surface area contributed by atoms with Crippen molar-refractivity contribution in [3.8, 4) is 39.8 Å². The molecule has 0 atom stereocenters. The Morgan fingerprint density at radius 1 is 0.731 bits per heavy atom. The summed E-state index contributed by atoms with van der Waals surface area (Å²) >= 11 is 0. The summed E-state index contributed by atoms with van der Waals surface area (Å²) in [6.45, 7) is 2.07. The second-order valence-electron chi connectivity index (χ2n) is 6.16. The molecule has 0 fully saturated rings. The molecule has 26 heavy (non-hydrogen) atoms. The molecule has 0 aliphatic heterocycles. The van der Waals surface area contributed by atoms with Gasteiger partial charge in [0, 0.05) is 16.7 Å². The Bertz CT molecular complexity index is 1000. The van der Waals surface area contributed by atoms with E-state index in [1.165, 1.54) is 5.56 Å². The topological polar surface area (TPSA) is 35.3 Å². The lowest BCUT2D eigenvalue weighted by Crippen LogP contribution is -1.84. The number of hydrogen-bond donors (Lipinski definition) is 0. The molecule has 0 spiro atoms. The van der Waals surface area contributed by atoms with Crippen molar-refractivity contribution >= 4 is 0 Å². The van der Waals surface area contributed by atoms with Crippen molar-refractivity contribution in [2.24, 2.45) is 0 Å². The molecule has 0 bridgehead atoms. The maximum atomic E-state index is 6.20. The normalized spacial score (nSPS) is 10.7. The van der Waals surface area contributed by atoms with Gasteiger partial charge in [-0.2, -0.15) is 0 Å². The zero-order valence-electron chi connectivity index (χ0n) is 14.8. The second-order valence-corrected chi connectivity index (χ2v) is 6.16. The van der Waals surface area contributed by atoms with Crippen LogP contribution in [0.4, 0.5) is 0 Å². The molecule has 0 saturated heterocycles. The Hall–Kier alpha value is -3.33. The minimum Gasteiger partial charge on any atom is -0.497 e. The van der Waals surface area contributed by atoms with Crippen molar-refractivity contribution in [1.82, 2.24) is 4.98 Å². The molecule has 0 aliphatic carbocycles. The number of rotatable bonds is 4. The van der Waals surface area contributed by atoms with Crippen LogP contribution in [-0.4, -0.2) is 12.1 Å². The van der Waals surface area contributed by atoms with Gasteiger partial charge >= 0.3 is 0 Å². The average Bonchev–Trinajstić information content (AvgIpc) is 3.15. The highest BCUT2D eigenvalue weighted by atomic mass is 16.5. The van der Waals surface area contributed by atoms with Crippen molar-refractivity contribution in [1.29, 1.82) is 0 Å². The highest BCUT2D eigenvalue weighted by molar-refractivity contribution is 5.79. The third-order valence-electron chi connectivity index (χ3n) is 4.33. The van der Waals surface area contributed by atoms with E-state index in [2.05, 4.69) is 19.1 Å². The number of ether oxygens (including phenoxy) is 1. The van der Waals surface area contributed by atoms with Gasteiger partial charge < -0.3 is 9.15 Å². The molecule has 0 radical (unpaired) electrons. The van der Waals surface area contributed by atoms with Crippen LogP contribution in [0.5, 0.6) is 5.75 Å². The summed E-state index contributed by atoms with van der Waals surface area (Å²) in [5, 5.41) is 0. The Kier molecular flexibility index (Phi) is 4.28. The van der Waals surface area contributed by atoms with Gasteiger partial charge in [-0.1, -0.05) is 48.0 Å². The standard InChI is InChI=1S/C23H19NO2/c1-16-8-10-19(11-9-16)23-24-21(17-6-4-3-5-7-17)22(26-23)18-12-14-20(25-2)15-13-18/h3-15H,1-2H3. The fourth-order valence-electron chi connectivity index (χ4n) is 2.87. The molecule has 3 nitrogen and oxygen atoms in total. The predicted octanol–water partition coefficient (Wildman–Crippen LogP) is 5.99. The number of hydrogen-bond acceptors (Lipinski definition) is 3. The van der Waals surface area contributed by atoms with Crippen molar-refractivity contribution < 1.29 is 9.15 Å². The lowest BCUT2D eigenvalue weighted by Gasteiger charge is -2.03. The minimum atomic E-state index is 0.620. The first-order valence-corrected chi connectivity index (χ1v) is 8.52. The maximum Gasteiger partial charge on any atom is 0.227 e. The van der Waals surface area contributed by atoms with Crippen LogP contribution < -0.4 is 4.74 Å². The third-order valence-corrected chi connectivity index (χ3v) is 4.33. The van der Waals surface area contributed by atoms with Gasteiger partial charge in [0.15, 0.2) is 5.76 Å². The zero-order chi connectivity index (χ0) is 17.9. The Labute approximate surface area is 152 Å². The van der Waals surface area contributed by atoms with Crippen molar-refractivity contribution in [3.05, 3.63) is 84.4 Å². The van der Waals surface area contributed by atoms with Crippen LogP contribution in [0.1, 0.15) is 5.56 Å². The summed E-state index contributed by atoms with van der Waals surface area (Å²) in [4.78, 5) is 4.80. The fourth-order valence-corrected chi connectivity index (χ4v) is 2.87. The molecule has 0 aliphatic rings. The lowest BCUT2D eigenvalue weighted by atomic mass is 10.1. The monoisotopic (exact) mass is 341 g/mol. The summed E-state index contributed by atoms with van der Waals surface area (Å²) in [5.41, 5.74) is 5.01. The van der Waals surface area contributed by atoms with Crippen molar-refractivity contribution in [2.45, 2.75) is 6.92 Å². The van der Waals surface area contributed by atoms with Gasteiger partial charge in [0.05, 0.1) is 7.11 Å². The SMILES string of the molecule is COc1ccc(-c2oc(-c3ccc(C)cc3)nc2-c2ccccc2)cc1. The lowest BCUT2D eigenvalue weighted by molar-refractivity contribution is 0.415. The van der Waals surface area contributed by atoms with Crippen molar-refractivity contribution in [2.75, 3.05) is 7.11 Å². The first-order valence-electron chi connectivity index (χ1n) is 8.52. The number of benzene rings is 3. The average molecular weight is 341 g/mol. The van der Waals surface area contributed by atoms with Crippen molar-refractivity contribution in [3.63, 3.8) is 0 Å². The van der Waals surface area contributed by atoms with Crippen LogP contribution in [0.3, 0.4) is 0 Å². The van der Waals surface area contributed by atoms with Crippen LogP contribution in [0.2, 0.25) is 0 Å². The van der Waals surface area contributed by atoms with E-state index in [0.29, 0.717) is 5.89 Å². The van der Waals surface area contributed by atoms with E-state index in [1.54, 1.807) is 7.11 Å². The van der Waals surface area contributed by atoms with Gasteiger partial charge in [-0.05, 0) is 43.3 Å². The molecule has 0 N–H and O–H groups in total. The van der Waals surface area contributed by atoms with E-state index < -0.39 is 0 Å². The number of aryl methyl sites for hydroxylation is 1. The highest BCUT2D eigenvalue weighted by Crippen LogP contribution is 2.36. The van der Waals surface area contributed by atoms with Gasteiger partial charge in [0.1, 0.15) is 11.4 Å². The molecule has 3 aromatic carbocycles. The summed E-state index contributed by atoms with van der Waals surface area (Å²) < 4.78 is 11.5. The van der Waals surface area contributed by atoms with E-state index >= 15 is 0 Å². The fraction of sp³-hybridized carbons (Fsp3) is 0.0870. The number of methoxy groups -OCH3 is 1. The highest BCUT2D eigenvalue weighted by Gasteiger charge is 2.18. The molecule has 128 valence electrons. The Balaban J connectivity index is 1.86. The molecule has 4 aromatic rings. The number of nitrogens with zero attached hydrogens (tertiary/aromatic N) is 1. The summed E-state index contributed by atoms with van der Waals surface area (Å²) in [6, 6.07) is 26.1. The van der Waals surface area contributed by atoms with Gasteiger partial charge in [0.2, 0.25) is 5.89 Å². The van der Waals surface area contributed by atoms with E-state index in [0.717, 1.165) is 33.9 Å². The smallest absolute Gasteiger partial charge is 0.227 e. The molecule has 0 unspecified atom stereocenters. The van der Waals surface area contributed by atoms with Crippen LogP contribution >= 0.6 is 0 Å². The first-order chi connectivity index (χ1) is 12.7. The van der Waals surface area contributed by atoms with Gasteiger partial charge in [-0.3, -0.25) is 0 Å². The Morgan fingerprint density at radius 3 is 2.04 bits per heavy atom. The largest absolute Gasteiger partial charge is 0.497 e. The van der Waals surface area contributed by atoms with Gasteiger partial charge in [-0.15, -0.1) is 0 Å². The molecule has 0 saturated carbocycles. The molecule has 3 heteroatoms. The van der Waals surface area contributed by atoms with Gasteiger partial charge in [0.25, 0.3) is 0 Å². The zero-order valence-corrected chi connectivity index (χ0v) is 14.8. The molecule has 0 amide bonds. The van der Waals surface area contributed by atoms with Crippen LogP contribution in [-0.2, 0) is 0 Å². The molecule has 4 rings (SSSR count).